The van der Waals surface area contributed by atoms with Gasteiger partial charge in [-0.2, -0.15) is 5.10 Å². The zero-order valence-electron chi connectivity index (χ0n) is 16.9. The quantitative estimate of drug-likeness (QED) is 0.870. The molecule has 0 unspecified atom stereocenters. The zero-order chi connectivity index (χ0) is 19.8. The lowest BCUT2D eigenvalue weighted by molar-refractivity contribution is 0.0676. The molecule has 6 heteroatoms. The van der Waals surface area contributed by atoms with Gasteiger partial charge in [-0.15, -0.1) is 0 Å². The van der Waals surface area contributed by atoms with Gasteiger partial charge < -0.3 is 9.80 Å². The van der Waals surface area contributed by atoms with Gasteiger partial charge in [-0.05, 0) is 44.7 Å². The van der Waals surface area contributed by atoms with Crippen LogP contribution in [0.4, 0.5) is 0 Å². The minimum absolute atomic E-state index is 0.00917. The number of H-pyrrole nitrogens is 1. The van der Waals surface area contributed by atoms with E-state index in [1.165, 1.54) is 0 Å². The van der Waals surface area contributed by atoms with Gasteiger partial charge in [-0.3, -0.25) is 14.7 Å². The number of nitrogens with one attached hydrogen (secondary N) is 1. The average molecular weight is 380 g/mol. The van der Waals surface area contributed by atoms with Crippen molar-refractivity contribution in [3.05, 3.63) is 51.8 Å². The Kier molecular flexibility index (Phi) is 4.96. The molecule has 1 aromatic carbocycles. The number of benzene rings is 1. The zero-order valence-corrected chi connectivity index (χ0v) is 16.9. The highest BCUT2D eigenvalue weighted by molar-refractivity contribution is 5.96. The minimum atomic E-state index is -0.00917. The summed E-state index contributed by atoms with van der Waals surface area (Å²) >= 11 is 0. The van der Waals surface area contributed by atoms with E-state index < -0.39 is 0 Å². The number of likely N-dealkylation sites (tertiary alicyclic amines) is 1. The van der Waals surface area contributed by atoms with Gasteiger partial charge in [0.05, 0.1) is 6.54 Å². The van der Waals surface area contributed by atoms with Crippen LogP contribution in [-0.4, -0.2) is 51.4 Å². The Balaban J connectivity index is 1.54. The van der Waals surface area contributed by atoms with Crippen LogP contribution in [0.15, 0.2) is 18.2 Å². The van der Waals surface area contributed by atoms with Crippen LogP contribution in [0.1, 0.15) is 63.0 Å². The van der Waals surface area contributed by atoms with Crippen molar-refractivity contribution >= 4 is 11.8 Å². The third-order valence-electron chi connectivity index (χ3n) is 5.96. The first-order chi connectivity index (χ1) is 13.4. The summed E-state index contributed by atoms with van der Waals surface area (Å²) in [5, 5.41) is 7.37. The van der Waals surface area contributed by atoms with E-state index in [9.17, 15) is 9.59 Å². The molecule has 0 spiro atoms. The Hall–Kier alpha value is -2.63. The Morgan fingerprint density at radius 1 is 1.00 bits per heavy atom. The van der Waals surface area contributed by atoms with E-state index in [0.29, 0.717) is 36.7 Å². The second kappa shape index (κ2) is 7.41. The van der Waals surface area contributed by atoms with Crippen molar-refractivity contribution in [2.24, 2.45) is 5.92 Å². The third kappa shape index (κ3) is 3.55. The summed E-state index contributed by atoms with van der Waals surface area (Å²) in [5.41, 5.74) is 5.23. The highest BCUT2D eigenvalue weighted by atomic mass is 16.2. The van der Waals surface area contributed by atoms with Gasteiger partial charge in [0.1, 0.15) is 0 Å². The number of fused-ring (bicyclic) bond motifs is 1. The Labute approximate surface area is 165 Å². The molecule has 2 aromatic rings. The van der Waals surface area contributed by atoms with Gasteiger partial charge in [0, 0.05) is 42.9 Å². The summed E-state index contributed by atoms with van der Waals surface area (Å²) in [4.78, 5) is 29.8. The second-order valence-corrected chi connectivity index (χ2v) is 8.36. The Morgan fingerprint density at radius 2 is 1.68 bits per heavy atom. The largest absolute Gasteiger partial charge is 0.337 e. The molecule has 28 heavy (non-hydrogen) atoms. The highest BCUT2D eigenvalue weighted by Crippen LogP contribution is 2.25. The number of carbonyl (C=O) groups is 2. The normalized spacial score (nSPS) is 17.5. The number of carbonyl (C=O) groups excluding carboxylic acids is 2. The first-order valence-corrected chi connectivity index (χ1v) is 10.2. The predicted octanol–water partition coefficient (Wildman–Crippen LogP) is 3.10. The molecular formula is C22H28N4O2. The molecule has 6 nitrogen and oxygen atoms in total. The fraction of sp³-hybridized carbons (Fsp3) is 0.500. The Morgan fingerprint density at radius 3 is 2.36 bits per heavy atom. The summed E-state index contributed by atoms with van der Waals surface area (Å²) in [6, 6.07) is 5.93. The van der Waals surface area contributed by atoms with Gasteiger partial charge in [-0.25, -0.2) is 0 Å². The summed E-state index contributed by atoms with van der Waals surface area (Å²) in [6.07, 6.45) is 2.77. The molecule has 1 aromatic heterocycles. The maximum Gasteiger partial charge on any atom is 0.274 e. The van der Waals surface area contributed by atoms with Crippen molar-refractivity contribution in [3.63, 3.8) is 0 Å². The molecule has 0 saturated carbocycles. The van der Waals surface area contributed by atoms with Gasteiger partial charge in [-0.1, -0.05) is 24.1 Å². The lowest BCUT2D eigenvalue weighted by atomic mass is 9.98. The van der Waals surface area contributed by atoms with Crippen molar-refractivity contribution in [1.29, 1.82) is 0 Å². The van der Waals surface area contributed by atoms with Gasteiger partial charge in [0.25, 0.3) is 11.8 Å². The monoisotopic (exact) mass is 380 g/mol. The number of hydrogen-bond acceptors (Lipinski definition) is 3. The first kappa shape index (κ1) is 18.7. The molecule has 1 fully saturated rings. The molecule has 0 aliphatic carbocycles. The van der Waals surface area contributed by atoms with E-state index in [1.54, 1.807) is 0 Å². The van der Waals surface area contributed by atoms with Crippen molar-refractivity contribution in [1.82, 2.24) is 20.0 Å². The van der Waals surface area contributed by atoms with Crippen LogP contribution >= 0.6 is 0 Å². The fourth-order valence-electron chi connectivity index (χ4n) is 4.29. The number of amides is 2. The molecule has 2 aliphatic rings. The van der Waals surface area contributed by atoms with E-state index in [2.05, 4.69) is 23.2 Å². The predicted molar refractivity (Wildman–Crippen MR) is 107 cm³/mol. The molecule has 3 heterocycles. The molecule has 0 atom stereocenters. The second-order valence-electron chi connectivity index (χ2n) is 8.36. The molecular weight excluding hydrogens is 352 g/mol. The molecule has 1 saturated heterocycles. The first-order valence-electron chi connectivity index (χ1n) is 10.2. The highest BCUT2D eigenvalue weighted by Gasteiger charge is 2.31. The van der Waals surface area contributed by atoms with Crippen molar-refractivity contribution in [2.75, 3.05) is 19.6 Å². The van der Waals surface area contributed by atoms with Crippen LogP contribution in [0, 0.1) is 19.8 Å². The summed E-state index contributed by atoms with van der Waals surface area (Å²) in [7, 11) is 0. The number of nitrogens with zero attached hydrogens (tertiary/aromatic N) is 3. The minimum Gasteiger partial charge on any atom is -0.337 e. The van der Waals surface area contributed by atoms with Crippen molar-refractivity contribution < 1.29 is 9.59 Å². The molecule has 0 radical (unpaired) electrons. The molecule has 0 bridgehead atoms. The number of hydrogen-bond donors (Lipinski definition) is 1. The van der Waals surface area contributed by atoms with Crippen LogP contribution in [0.2, 0.25) is 0 Å². The Bertz CT molecular complexity index is 889. The maximum absolute atomic E-state index is 13.1. The van der Waals surface area contributed by atoms with Gasteiger partial charge in [0.15, 0.2) is 5.69 Å². The molecule has 4 rings (SSSR count). The van der Waals surface area contributed by atoms with Crippen molar-refractivity contribution in [2.45, 2.75) is 46.6 Å². The van der Waals surface area contributed by atoms with E-state index in [-0.39, 0.29) is 11.8 Å². The van der Waals surface area contributed by atoms with E-state index in [1.807, 2.05) is 35.8 Å². The topological polar surface area (TPSA) is 69.3 Å². The number of piperidine rings is 1. The smallest absolute Gasteiger partial charge is 0.274 e. The molecule has 1 N–H and O–H groups in total. The lowest BCUT2D eigenvalue weighted by Crippen LogP contribution is -2.40. The number of aromatic amines is 1. The van der Waals surface area contributed by atoms with Crippen molar-refractivity contribution in [3.8, 4) is 0 Å². The number of aromatic nitrogens is 2. The maximum atomic E-state index is 13.1. The summed E-state index contributed by atoms with van der Waals surface area (Å²) in [6.45, 7) is 8.88. The van der Waals surface area contributed by atoms with E-state index in [0.717, 1.165) is 48.3 Å². The van der Waals surface area contributed by atoms with E-state index >= 15 is 0 Å². The van der Waals surface area contributed by atoms with Gasteiger partial charge in [0.2, 0.25) is 0 Å². The molecule has 148 valence electrons. The molecule has 2 amide bonds. The van der Waals surface area contributed by atoms with E-state index in [4.69, 9.17) is 0 Å². The lowest BCUT2D eigenvalue weighted by Gasteiger charge is -2.31. The van der Waals surface area contributed by atoms with Crippen LogP contribution < -0.4 is 0 Å². The van der Waals surface area contributed by atoms with Crippen LogP contribution in [0.5, 0.6) is 0 Å². The average Bonchev–Trinajstić information content (AvgIpc) is 3.10. The fourth-order valence-corrected chi connectivity index (χ4v) is 4.29. The number of rotatable bonds is 2. The number of aryl methyl sites for hydroxylation is 2. The summed E-state index contributed by atoms with van der Waals surface area (Å²) < 4.78 is 0. The van der Waals surface area contributed by atoms with Gasteiger partial charge >= 0.3 is 0 Å². The van der Waals surface area contributed by atoms with Crippen LogP contribution in [-0.2, 0) is 13.0 Å². The third-order valence-corrected chi connectivity index (χ3v) is 5.96. The SMILES string of the molecule is Cc1cc(C)cc(C(=O)N2CCc3[nH]nc(C(=O)N4CCC(C)CC4)c3C2)c1. The standard InChI is InChI=1S/C22H28N4O2/c1-14-4-7-25(8-5-14)22(28)20-18-13-26(9-6-19(18)23-24-20)21(27)17-11-15(2)10-16(3)12-17/h10-12,14H,4-9,13H2,1-3H3,(H,23,24). The molecule has 2 aliphatic heterocycles. The van der Waals surface area contributed by atoms with Crippen LogP contribution in [0.25, 0.3) is 0 Å². The van der Waals surface area contributed by atoms with Crippen LogP contribution in [0.3, 0.4) is 0 Å². The summed E-state index contributed by atoms with van der Waals surface area (Å²) in [5.74, 6) is 0.678.